The van der Waals surface area contributed by atoms with Crippen molar-refractivity contribution in [1.29, 1.82) is 0 Å². The molecular formula is C15H14F3N3O3. The van der Waals surface area contributed by atoms with Crippen LogP contribution in [-0.2, 0) is 22.8 Å². The molecule has 1 atom stereocenters. The molecule has 6 nitrogen and oxygen atoms in total. The molecule has 0 saturated carbocycles. The van der Waals surface area contributed by atoms with Crippen LogP contribution in [0.3, 0.4) is 0 Å². The van der Waals surface area contributed by atoms with Crippen molar-refractivity contribution < 1.29 is 27.5 Å². The van der Waals surface area contributed by atoms with Crippen molar-refractivity contribution in [3.05, 3.63) is 53.3 Å². The first-order chi connectivity index (χ1) is 11.2. The van der Waals surface area contributed by atoms with Gasteiger partial charge in [-0.15, -0.1) is 0 Å². The molecule has 1 N–H and O–H groups in total. The summed E-state index contributed by atoms with van der Waals surface area (Å²) in [6.45, 7) is 0. The number of hydrogen-bond acceptors (Lipinski definition) is 4. The highest BCUT2D eigenvalue weighted by atomic mass is 19.4. The summed E-state index contributed by atoms with van der Waals surface area (Å²) >= 11 is 0. The first-order valence-electron chi connectivity index (χ1n) is 6.78. The number of aromatic nitrogens is 2. The molecule has 9 heteroatoms. The zero-order valence-electron chi connectivity index (χ0n) is 12.8. The largest absolute Gasteiger partial charge is 0.467 e. The zero-order valence-corrected chi connectivity index (χ0v) is 12.8. The topological polar surface area (TPSA) is 73.2 Å². The number of alkyl halides is 3. The third-order valence-corrected chi connectivity index (χ3v) is 3.19. The summed E-state index contributed by atoms with van der Waals surface area (Å²) in [5.41, 5.74) is -1.61. The van der Waals surface area contributed by atoms with Crippen LogP contribution in [0.5, 0.6) is 0 Å². The molecule has 24 heavy (non-hydrogen) atoms. The highest BCUT2D eigenvalue weighted by molar-refractivity contribution is 5.98. The second-order valence-electron chi connectivity index (χ2n) is 4.90. The van der Waals surface area contributed by atoms with Gasteiger partial charge in [0, 0.05) is 13.2 Å². The van der Waals surface area contributed by atoms with E-state index in [2.05, 4.69) is 15.2 Å². The minimum atomic E-state index is -4.79. The lowest BCUT2D eigenvalue weighted by atomic mass is 10.1. The van der Waals surface area contributed by atoms with Gasteiger partial charge >= 0.3 is 12.1 Å². The minimum absolute atomic E-state index is 0.384. The molecule has 0 bridgehead atoms. The molecule has 0 saturated heterocycles. The molecule has 0 spiro atoms. The van der Waals surface area contributed by atoms with Crippen molar-refractivity contribution >= 4 is 11.9 Å². The number of halogens is 3. The molecule has 0 aliphatic rings. The van der Waals surface area contributed by atoms with Gasteiger partial charge in [0.15, 0.2) is 11.7 Å². The van der Waals surface area contributed by atoms with Crippen molar-refractivity contribution in [3.63, 3.8) is 0 Å². The lowest BCUT2D eigenvalue weighted by Crippen LogP contribution is -2.35. The number of rotatable bonds is 4. The van der Waals surface area contributed by atoms with Gasteiger partial charge in [0.25, 0.3) is 5.91 Å². The van der Waals surface area contributed by atoms with Gasteiger partial charge in [-0.2, -0.15) is 18.3 Å². The molecule has 1 unspecified atom stereocenters. The minimum Gasteiger partial charge on any atom is -0.467 e. The number of ether oxygens (including phenoxy) is 1. The van der Waals surface area contributed by atoms with Crippen LogP contribution in [0, 0.1) is 0 Å². The molecule has 0 aliphatic carbocycles. The lowest BCUT2D eigenvalue weighted by molar-refractivity contribution is -0.143. The summed E-state index contributed by atoms with van der Waals surface area (Å²) in [6.07, 6.45) is -3.85. The van der Waals surface area contributed by atoms with Crippen LogP contribution in [0.2, 0.25) is 0 Å². The van der Waals surface area contributed by atoms with Crippen molar-refractivity contribution in [3.8, 4) is 0 Å². The van der Waals surface area contributed by atoms with Crippen LogP contribution in [0.25, 0.3) is 0 Å². The number of methoxy groups -OCH3 is 1. The molecule has 0 radical (unpaired) electrons. The number of esters is 1. The van der Waals surface area contributed by atoms with Gasteiger partial charge in [-0.3, -0.25) is 9.48 Å². The fraction of sp³-hybridized carbons (Fsp3) is 0.267. The molecular weight excluding hydrogens is 327 g/mol. The number of aryl methyl sites for hydroxylation is 1. The average Bonchev–Trinajstić information content (AvgIpc) is 2.95. The van der Waals surface area contributed by atoms with Crippen LogP contribution >= 0.6 is 0 Å². The molecule has 1 aromatic heterocycles. The summed E-state index contributed by atoms with van der Waals surface area (Å²) in [7, 11) is 2.39. The molecule has 128 valence electrons. The summed E-state index contributed by atoms with van der Waals surface area (Å²) in [6, 6.07) is 6.82. The Hall–Kier alpha value is -2.84. The number of benzene rings is 1. The van der Waals surface area contributed by atoms with Crippen LogP contribution in [0.1, 0.15) is 27.7 Å². The van der Waals surface area contributed by atoms with Crippen LogP contribution in [-0.4, -0.2) is 28.8 Å². The number of nitrogens with zero attached hydrogens (tertiary/aromatic N) is 2. The van der Waals surface area contributed by atoms with Crippen LogP contribution in [0.4, 0.5) is 13.2 Å². The van der Waals surface area contributed by atoms with E-state index >= 15 is 0 Å². The van der Waals surface area contributed by atoms with Gasteiger partial charge in [0.05, 0.1) is 12.7 Å². The SMILES string of the molecule is COC(=O)C(NC(=O)c1cn(C)nc1C(F)(F)F)c1ccccc1. The Morgan fingerprint density at radius 2 is 1.88 bits per heavy atom. The van der Waals surface area contributed by atoms with E-state index in [1.54, 1.807) is 30.3 Å². The second-order valence-corrected chi connectivity index (χ2v) is 4.90. The monoisotopic (exact) mass is 341 g/mol. The van der Waals surface area contributed by atoms with Crippen LogP contribution < -0.4 is 5.32 Å². The molecule has 2 rings (SSSR count). The quantitative estimate of drug-likeness (QED) is 0.864. The number of carbonyl (C=O) groups is 2. The summed E-state index contributed by atoms with van der Waals surface area (Å²) < 4.78 is 44.4. The fourth-order valence-electron chi connectivity index (χ4n) is 2.11. The number of nitrogens with one attached hydrogen (secondary N) is 1. The van der Waals surface area contributed by atoms with Gasteiger partial charge in [0.2, 0.25) is 0 Å². The van der Waals surface area contributed by atoms with E-state index in [0.29, 0.717) is 5.56 Å². The normalized spacial score (nSPS) is 12.5. The van der Waals surface area contributed by atoms with E-state index < -0.39 is 35.4 Å². The maximum absolute atomic E-state index is 13.0. The van der Waals surface area contributed by atoms with Gasteiger partial charge in [0.1, 0.15) is 0 Å². The maximum atomic E-state index is 13.0. The smallest absolute Gasteiger partial charge is 0.435 e. The first-order valence-corrected chi connectivity index (χ1v) is 6.78. The summed E-state index contributed by atoms with van der Waals surface area (Å²) in [5, 5.41) is 5.52. The predicted octanol–water partition coefficient (Wildman–Crippen LogP) is 2.08. The van der Waals surface area contributed by atoms with E-state index in [4.69, 9.17) is 0 Å². The number of hydrogen-bond donors (Lipinski definition) is 1. The van der Waals surface area contributed by atoms with Gasteiger partial charge in [-0.1, -0.05) is 30.3 Å². The maximum Gasteiger partial charge on any atom is 0.435 e. The molecule has 0 fully saturated rings. The number of carbonyl (C=O) groups excluding carboxylic acids is 2. The zero-order chi connectivity index (χ0) is 17.9. The van der Waals surface area contributed by atoms with E-state index in [-0.39, 0.29) is 0 Å². The van der Waals surface area contributed by atoms with Crippen molar-refractivity contribution in [1.82, 2.24) is 15.1 Å². The Kier molecular flexibility index (Phi) is 4.91. The van der Waals surface area contributed by atoms with Crippen molar-refractivity contribution in [2.24, 2.45) is 7.05 Å². The standard InChI is InChI=1S/C15H14F3N3O3/c1-21-8-10(12(20-21)15(16,17)18)13(22)19-11(14(23)24-2)9-6-4-3-5-7-9/h3-8,11H,1-2H3,(H,19,22). The molecule has 2 aromatic rings. The second kappa shape index (κ2) is 6.73. The van der Waals surface area contributed by atoms with Gasteiger partial charge in [-0.05, 0) is 5.56 Å². The third kappa shape index (κ3) is 3.73. The first kappa shape index (κ1) is 17.5. The van der Waals surface area contributed by atoms with E-state index in [9.17, 15) is 22.8 Å². The van der Waals surface area contributed by atoms with E-state index in [0.717, 1.165) is 18.0 Å². The average molecular weight is 341 g/mol. The Morgan fingerprint density at radius 1 is 1.25 bits per heavy atom. The Balaban J connectivity index is 2.34. The molecule has 1 amide bonds. The molecule has 1 aromatic carbocycles. The highest BCUT2D eigenvalue weighted by Gasteiger charge is 2.39. The van der Waals surface area contributed by atoms with Crippen molar-refractivity contribution in [2.45, 2.75) is 12.2 Å². The third-order valence-electron chi connectivity index (χ3n) is 3.19. The lowest BCUT2D eigenvalue weighted by Gasteiger charge is -2.17. The highest BCUT2D eigenvalue weighted by Crippen LogP contribution is 2.30. The van der Waals surface area contributed by atoms with Gasteiger partial charge < -0.3 is 10.1 Å². The Labute approximate surface area is 135 Å². The predicted molar refractivity (Wildman–Crippen MR) is 76.9 cm³/mol. The Morgan fingerprint density at radius 3 is 2.42 bits per heavy atom. The van der Waals surface area contributed by atoms with E-state index in [1.165, 1.54) is 7.05 Å². The number of amides is 1. The fourth-order valence-corrected chi connectivity index (χ4v) is 2.11. The summed E-state index contributed by atoms with van der Waals surface area (Å²) in [5.74, 6) is -1.87. The van der Waals surface area contributed by atoms with Crippen molar-refractivity contribution in [2.75, 3.05) is 7.11 Å². The molecule has 0 aliphatic heterocycles. The molecule has 1 heterocycles. The van der Waals surface area contributed by atoms with Crippen LogP contribution in [0.15, 0.2) is 36.5 Å². The summed E-state index contributed by atoms with van der Waals surface area (Å²) in [4.78, 5) is 24.1. The van der Waals surface area contributed by atoms with E-state index in [1.807, 2.05) is 0 Å². The Bertz CT molecular complexity index is 741. The van der Waals surface area contributed by atoms with Gasteiger partial charge in [-0.25, -0.2) is 4.79 Å².